The maximum atomic E-state index is 11.5. The second-order valence-corrected chi connectivity index (χ2v) is 3.45. The van der Waals surface area contributed by atoms with Crippen LogP contribution in [0, 0.1) is 0 Å². The summed E-state index contributed by atoms with van der Waals surface area (Å²) >= 11 is 3.10. The predicted octanol–water partition coefficient (Wildman–Crippen LogP) is 0.625. The SMILES string of the molecule is COC(Cn1cncc(Br)c1=O)OC. The normalized spacial score (nSPS) is 10.9. The van der Waals surface area contributed by atoms with Gasteiger partial charge in [0.05, 0.1) is 12.9 Å². The van der Waals surface area contributed by atoms with Gasteiger partial charge in [-0.15, -0.1) is 0 Å². The van der Waals surface area contributed by atoms with Gasteiger partial charge in [0.2, 0.25) is 0 Å². The van der Waals surface area contributed by atoms with Crippen LogP contribution < -0.4 is 5.56 Å². The van der Waals surface area contributed by atoms with Crippen molar-refractivity contribution in [2.45, 2.75) is 12.8 Å². The van der Waals surface area contributed by atoms with E-state index in [1.165, 1.54) is 31.3 Å². The van der Waals surface area contributed by atoms with Gasteiger partial charge in [-0.1, -0.05) is 0 Å². The minimum atomic E-state index is -0.441. The van der Waals surface area contributed by atoms with Crippen LogP contribution in [0.1, 0.15) is 0 Å². The molecule has 5 nitrogen and oxygen atoms in total. The Bertz CT molecular complexity index is 349. The van der Waals surface area contributed by atoms with Crippen LogP contribution in [0.25, 0.3) is 0 Å². The Morgan fingerprint density at radius 2 is 2.21 bits per heavy atom. The molecular formula is C8H11BrN2O3. The van der Waals surface area contributed by atoms with Crippen LogP contribution in [0.4, 0.5) is 0 Å². The Morgan fingerprint density at radius 3 is 2.79 bits per heavy atom. The maximum Gasteiger partial charge on any atom is 0.267 e. The first kappa shape index (κ1) is 11.4. The third kappa shape index (κ3) is 2.63. The summed E-state index contributed by atoms with van der Waals surface area (Å²) in [6, 6.07) is 0. The molecule has 0 aliphatic heterocycles. The summed E-state index contributed by atoms with van der Waals surface area (Å²) in [5.41, 5.74) is -0.154. The highest BCUT2D eigenvalue weighted by Gasteiger charge is 2.08. The second-order valence-electron chi connectivity index (χ2n) is 2.60. The molecule has 1 aromatic rings. The lowest BCUT2D eigenvalue weighted by molar-refractivity contribution is -0.111. The molecule has 0 N–H and O–H groups in total. The molecule has 0 saturated carbocycles. The number of methoxy groups -OCH3 is 2. The average Bonchev–Trinajstić information content (AvgIpc) is 2.20. The van der Waals surface area contributed by atoms with Crippen molar-refractivity contribution in [2.75, 3.05) is 14.2 Å². The van der Waals surface area contributed by atoms with Crippen LogP contribution in [0.2, 0.25) is 0 Å². The summed E-state index contributed by atoms with van der Waals surface area (Å²) in [4.78, 5) is 15.4. The summed E-state index contributed by atoms with van der Waals surface area (Å²) in [5.74, 6) is 0. The van der Waals surface area contributed by atoms with E-state index in [1.54, 1.807) is 0 Å². The Labute approximate surface area is 89.8 Å². The summed E-state index contributed by atoms with van der Waals surface area (Å²) in [7, 11) is 3.04. The van der Waals surface area contributed by atoms with Gasteiger partial charge in [-0.3, -0.25) is 9.36 Å². The fraction of sp³-hybridized carbons (Fsp3) is 0.500. The summed E-state index contributed by atoms with van der Waals surface area (Å²) in [5, 5.41) is 0. The number of aromatic nitrogens is 2. The average molecular weight is 263 g/mol. The van der Waals surface area contributed by atoms with E-state index in [1.807, 2.05) is 0 Å². The van der Waals surface area contributed by atoms with E-state index in [0.717, 1.165) is 0 Å². The maximum absolute atomic E-state index is 11.5. The fourth-order valence-corrected chi connectivity index (χ4v) is 1.31. The molecule has 0 atom stereocenters. The quantitative estimate of drug-likeness (QED) is 0.747. The van der Waals surface area contributed by atoms with E-state index in [0.29, 0.717) is 11.0 Å². The molecule has 1 rings (SSSR count). The number of rotatable bonds is 4. The lowest BCUT2D eigenvalue weighted by Crippen LogP contribution is -2.29. The van der Waals surface area contributed by atoms with E-state index in [2.05, 4.69) is 20.9 Å². The molecule has 0 radical (unpaired) electrons. The first-order valence-electron chi connectivity index (χ1n) is 3.94. The Hall–Kier alpha value is -0.720. The highest BCUT2D eigenvalue weighted by molar-refractivity contribution is 9.10. The van der Waals surface area contributed by atoms with Gasteiger partial charge in [-0.2, -0.15) is 0 Å². The van der Waals surface area contributed by atoms with E-state index >= 15 is 0 Å². The molecule has 78 valence electrons. The van der Waals surface area contributed by atoms with E-state index in [-0.39, 0.29) is 5.56 Å². The number of nitrogens with zero attached hydrogens (tertiary/aromatic N) is 2. The Morgan fingerprint density at radius 1 is 1.57 bits per heavy atom. The Kier molecular flexibility index (Phi) is 4.24. The minimum Gasteiger partial charge on any atom is -0.354 e. The zero-order chi connectivity index (χ0) is 10.6. The van der Waals surface area contributed by atoms with Crippen molar-refractivity contribution in [1.29, 1.82) is 0 Å². The summed E-state index contributed by atoms with van der Waals surface area (Å²) in [6.07, 6.45) is 2.45. The van der Waals surface area contributed by atoms with Crippen molar-refractivity contribution in [3.8, 4) is 0 Å². The van der Waals surface area contributed by atoms with Gasteiger partial charge in [0.25, 0.3) is 5.56 Å². The highest BCUT2D eigenvalue weighted by atomic mass is 79.9. The molecule has 0 fully saturated rings. The molecule has 0 saturated heterocycles. The van der Waals surface area contributed by atoms with Crippen LogP contribution in [0.5, 0.6) is 0 Å². The zero-order valence-corrected chi connectivity index (χ0v) is 9.52. The van der Waals surface area contributed by atoms with Crippen molar-refractivity contribution in [1.82, 2.24) is 9.55 Å². The van der Waals surface area contributed by atoms with Gasteiger partial charge in [-0.25, -0.2) is 4.98 Å². The summed E-state index contributed by atoms with van der Waals surface area (Å²) in [6.45, 7) is 0.318. The third-order valence-corrected chi connectivity index (χ3v) is 2.27. The molecule has 6 heteroatoms. The third-order valence-electron chi connectivity index (χ3n) is 1.73. The molecular weight excluding hydrogens is 252 g/mol. The van der Waals surface area contributed by atoms with Gasteiger partial charge >= 0.3 is 0 Å². The fourth-order valence-electron chi connectivity index (χ4n) is 0.960. The highest BCUT2D eigenvalue weighted by Crippen LogP contribution is 2.00. The lowest BCUT2D eigenvalue weighted by atomic mass is 10.5. The van der Waals surface area contributed by atoms with E-state index < -0.39 is 6.29 Å². The van der Waals surface area contributed by atoms with Crippen molar-refractivity contribution in [2.24, 2.45) is 0 Å². The van der Waals surface area contributed by atoms with Gasteiger partial charge < -0.3 is 9.47 Å². The number of halogens is 1. The van der Waals surface area contributed by atoms with E-state index in [4.69, 9.17) is 9.47 Å². The standard InChI is InChI=1S/C8H11BrN2O3/c1-13-7(14-2)4-11-5-10-3-6(9)8(11)12/h3,5,7H,4H2,1-2H3. The molecule has 0 unspecified atom stereocenters. The lowest BCUT2D eigenvalue weighted by Gasteiger charge is -2.14. The monoisotopic (exact) mass is 262 g/mol. The second kappa shape index (κ2) is 5.23. The van der Waals surface area contributed by atoms with Gasteiger partial charge in [-0.05, 0) is 15.9 Å². The van der Waals surface area contributed by atoms with Gasteiger partial charge in [0.1, 0.15) is 4.47 Å². The molecule has 0 aliphatic carbocycles. The minimum absolute atomic E-state index is 0.154. The number of hydrogen-bond acceptors (Lipinski definition) is 4. The van der Waals surface area contributed by atoms with Gasteiger partial charge in [0, 0.05) is 20.4 Å². The Balaban J connectivity index is 2.86. The predicted molar refractivity (Wildman–Crippen MR) is 54.0 cm³/mol. The van der Waals surface area contributed by atoms with Crippen LogP contribution in [-0.4, -0.2) is 30.1 Å². The van der Waals surface area contributed by atoms with Crippen molar-refractivity contribution >= 4 is 15.9 Å². The van der Waals surface area contributed by atoms with Crippen LogP contribution in [0.15, 0.2) is 21.8 Å². The largest absolute Gasteiger partial charge is 0.354 e. The van der Waals surface area contributed by atoms with Crippen LogP contribution >= 0.6 is 15.9 Å². The molecule has 0 aliphatic rings. The van der Waals surface area contributed by atoms with Crippen LogP contribution in [-0.2, 0) is 16.0 Å². The molecule has 1 aromatic heterocycles. The van der Waals surface area contributed by atoms with Crippen molar-refractivity contribution in [3.63, 3.8) is 0 Å². The zero-order valence-electron chi connectivity index (χ0n) is 7.94. The van der Waals surface area contributed by atoms with Crippen LogP contribution in [0.3, 0.4) is 0 Å². The smallest absolute Gasteiger partial charge is 0.267 e. The first-order chi connectivity index (χ1) is 6.69. The molecule has 0 bridgehead atoms. The van der Waals surface area contributed by atoms with E-state index in [9.17, 15) is 4.79 Å². The molecule has 14 heavy (non-hydrogen) atoms. The molecule has 0 amide bonds. The molecule has 1 heterocycles. The topological polar surface area (TPSA) is 53.4 Å². The molecule has 0 spiro atoms. The summed E-state index contributed by atoms with van der Waals surface area (Å²) < 4.78 is 11.8. The first-order valence-corrected chi connectivity index (χ1v) is 4.74. The number of ether oxygens (including phenoxy) is 2. The number of hydrogen-bond donors (Lipinski definition) is 0. The van der Waals surface area contributed by atoms with Gasteiger partial charge in [0.15, 0.2) is 6.29 Å². The molecule has 0 aromatic carbocycles. The van der Waals surface area contributed by atoms with Crippen molar-refractivity contribution in [3.05, 3.63) is 27.4 Å². The van der Waals surface area contributed by atoms with Crippen molar-refractivity contribution < 1.29 is 9.47 Å².